The third-order valence-electron chi connectivity index (χ3n) is 2.42. The van der Waals surface area contributed by atoms with Gasteiger partial charge in [0.2, 0.25) is 0 Å². The van der Waals surface area contributed by atoms with Gasteiger partial charge >= 0.3 is 0 Å². The molecule has 0 bridgehead atoms. The predicted octanol–water partition coefficient (Wildman–Crippen LogP) is 1.51. The number of nitrogens with two attached hydrogens (primary N) is 2. The predicted molar refractivity (Wildman–Crippen MR) is 55.5 cm³/mol. The lowest BCUT2D eigenvalue weighted by atomic mass is 9.93. The van der Waals surface area contributed by atoms with Crippen LogP contribution in [0.15, 0.2) is 12.3 Å². The number of hydrogen-bond donors (Lipinski definition) is 2. The van der Waals surface area contributed by atoms with Crippen LogP contribution in [0.25, 0.3) is 0 Å². The summed E-state index contributed by atoms with van der Waals surface area (Å²) in [5.74, 6) is 0.227. The first-order valence-electron chi connectivity index (χ1n) is 4.65. The number of halogens is 1. The van der Waals surface area contributed by atoms with Crippen molar-refractivity contribution in [1.29, 1.82) is 0 Å². The molecule has 1 unspecified atom stereocenters. The third kappa shape index (κ3) is 1.85. The molecular weight excluding hydrogens is 181 g/mol. The molecule has 4 N–H and O–H groups in total. The van der Waals surface area contributed by atoms with E-state index in [1.807, 2.05) is 6.92 Å². The fraction of sp³-hybridized carbons (Fsp3) is 0.500. The van der Waals surface area contributed by atoms with Crippen LogP contribution >= 0.6 is 0 Å². The zero-order chi connectivity index (χ0) is 10.8. The molecule has 0 saturated heterocycles. The molecule has 0 aromatic carbocycles. The molecular formula is C10H16FN3. The number of aryl methyl sites for hydroxylation is 1. The summed E-state index contributed by atoms with van der Waals surface area (Å²) in [6.45, 7) is 3.52. The molecule has 4 heteroatoms. The molecule has 0 fully saturated rings. The van der Waals surface area contributed by atoms with E-state index in [0.717, 1.165) is 5.56 Å². The van der Waals surface area contributed by atoms with Crippen molar-refractivity contribution in [3.63, 3.8) is 0 Å². The Bertz CT molecular complexity index is 321. The molecule has 78 valence electrons. The van der Waals surface area contributed by atoms with E-state index in [2.05, 4.69) is 4.98 Å². The molecule has 1 aromatic rings. The molecule has 0 radical (unpaired) electrons. The van der Waals surface area contributed by atoms with Crippen LogP contribution in [-0.2, 0) is 5.67 Å². The molecule has 14 heavy (non-hydrogen) atoms. The van der Waals surface area contributed by atoms with Crippen LogP contribution in [0.2, 0.25) is 0 Å². The Morgan fingerprint density at radius 2 is 2.21 bits per heavy atom. The number of anilines is 1. The van der Waals surface area contributed by atoms with Crippen molar-refractivity contribution >= 4 is 5.82 Å². The molecule has 1 atom stereocenters. The zero-order valence-electron chi connectivity index (χ0n) is 8.55. The number of aromatic nitrogens is 1. The summed E-state index contributed by atoms with van der Waals surface area (Å²) in [4.78, 5) is 3.92. The van der Waals surface area contributed by atoms with E-state index in [1.54, 1.807) is 19.2 Å². The minimum absolute atomic E-state index is 0.0706. The number of hydrogen-bond acceptors (Lipinski definition) is 3. The number of alkyl halides is 1. The molecule has 0 aliphatic rings. The van der Waals surface area contributed by atoms with E-state index in [9.17, 15) is 4.39 Å². The first-order chi connectivity index (χ1) is 6.53. The maximum absolute atomic E-state index is 14.2. The highest BCUT2D eigenvalue weighted by atomic mass is 19.1. The summed E-state index contributed by atoms with van der Waals surface area (Å²) >= 11 is 0. The maximum atomic E-state index is 14.2. The maximum Gasteiger partial charge on any atom is 0.151 e. The van der Waals surface area contributed by atoms with Crippen LogP contribution in [-0.4, -0.2) is 11.5 Å². The summed E-state index contributed by atoms with van der Waals surface area (Å²) in [6.07, 6.45) is 1.92. The Labute approximate surface area is 83.3 Å². The Balaban J connectivity index is 3.22. The normalized spacial score (nSPS) is 15.1. The summed E-state index contributed by atoms with van der Waals surface area (Å²) in [5.41, 5.74) is 10.8. The molecule has 0 amide bonds. The van der Waals surface area contributed by atoms with Crippen molar-refractivity contribution in [2.75, 3.05) is 12.3 Å². The largest absolute Gasteiger partial charge is 0.383 e. The van der Waals surface area contributed by atoms with E-state index in [4.69, 9.17) is 11.5 Å². The van der Waals surface area contributed by atoms with Crippen molar-refractivity contribution in [2.45, 2.75) is 25.9 Å². The van der Waals surface area contributed by atoms with Gasteiger partial charge in [-0.05, 0) is 25.0 Å². The molecule has 0 aliphatic carbocycles. The van der Waals surface area contributed by atoms with Crippen LogP contribution in [0.4, 0.5) is 10.2 Å². The van der Waals surface area contributed by atoms with E-state index < -0.39 is 5.67 Å². The Morgan fingerprint density at radius 3 is 2.71 bits per heavy atom. The number of pyridine rings is 1. The van der Waals surface area contributed by atoms with E-state index in [1.165, 1.54) is 0 Å². The number of nitrogen functional groups attached to an aromatic ring is 1. The Hall–Kier alpha value is -1.16. The van der Waals surface area contributed by atoms with Crippen molar-refractivity contribution in [3.8, 4) is 0 Å². The molecule has 3 nitrogen and oxygen atoms in total. The van der Waals surface area contributed by atoms with Gasteiger partial charge in [-0.1, -0.05) is 6.92 Å². The van der Waals surface area contributed by atoms with Gasteiger partial charge in [0.05, 0.1) is 0 Å². The van der Waals surface area contributed by atoms with Crippen molar-refractivity contribution < 1.29 is 4.39 Å². The first-order valence-corrected chi connectivity index (χ1v) is 4.65. The molecule has 0 aliphatic heterocycles. The van der Waals surface area contributed by atoms with Gasteiger partial charge in [0.15, 0.2) is 5.67 Å². The van der Waals surface area contributed by atoms with Crippen LogP contribution in [0, 0.1) is 6.92 Å². The second-order valence-corrected chi connectivity index (χ2v) is 3.47. The van der Waals surface area contributed by atoms with Crippen LogP contribution in [0.1, 0.15) is 24.5 Å². The molecule has 1 rings (SSSR count). The lowest BCUT2D eigenvalue weighted by Gasteiger charge is -2.23. The lowest BCUT2D eigenvalue weighted by molar-refractivity contribution is 0.169. The topological polar surface area (TPSA) is 64.9 Å². The van der Waals surface area contributed by atoms with Crippen LogP contribution in [0.3, 0.4) is 0 Å². The fourth-order valence-corrected chi connectivity index (χ4v) is 1.38. The smallest absolute Gasteiger partial charge is 0.151 e. The summed E-state index contributed by atoms with van der Waals surface area (Å²) < 4.78 is 14.2. The molecule has 1 heterocycles. The molecule has 1 aromatic heterocycles. The van der Waals surface area contributed by atoms with E-state index >= 15 is 0 Å². The monoisotopic (exact) mass is 197 g/mol. The minimum Gasteiger partial charge on any atom is -0.383 e. The minimum atomic E-state index is -1.55. The number of rotatable bonds is 3. The molecule has 0 spiro atoms. The Morgan fingerprint density at radius 1 is 1.57 bits per heavy atom. The second kappa shape index (κ2) is 3.92. The van der Waals surface area contributed by atoms with Crippen molar-refractivity contribution in [1.82, 2.24) is 4.98 Å². The average molecular weight is 197 g/mol. The first kappa shape index (κ1) is 10.9. The number of nitrogens with zero attached hydrogens (tertiary/aromatic N) is 1. The highest BCUT2D eigenvalue weighted by molar-refractivity contribution is 5.45. The third-order valence-corrected chi connectivity index (χ3v) is 2.42. The summed E-state index contributed by atoms with van der Waals surface area (Å²) in [6, 6.07) is 1.71. The van der Waals surface area contributed by atoms with Gasteiger partial charge in [0.25, 0.3) is 0 Å². The van der Waals surface area contributed by atoms with Crippen molar-refractivity contribution in [2.24, 2.45) is 5.73 Å². The van der Waals surface area contributed by atoms with Gasteiger partial charge in [-0.2, -0.15) is 0 Å². The van der Waals surface area contributed by atoms with Gasteiger partial charge in [0, 0.05) is 18.3 Å². The summed E-state index contributed by atoms with van der Waals surface area (Å²) in [5, 5.41) is 0. The standard InChI is InChI=1S/C10H16FN3/c1-3-10(11,6-12)8-4-7(2)5-14-9(8)13/h4-5H,3,6,12H2,1-2H3,(H2,13,14). The summed E-state index contributed by atoms with van der Waals surface area (Å²) in [7, 11) is 0. The highest BCUT2D eigenvalue weighted by Gasteiger charge is 2.30. The second-order valence-electron chi connectivity index (χ2n) is 3.47. The zero-order valence-corrected chi connectivity index (χ0v) is 8.55. The van der Waals surface area contributed by atoms with Crippen LogP contribution in [0.5, 0.6) is 0 Å². The van der Waals surface area contributed by atoms with Crippen LogP contribution < -0.4 is 11.5 Å². The SMILES string of the molecule is CCC(F)(CN)c1cc(C)cnc1N. The van der Waals surface area contributed by atoms with E-state index in [0.29, 0.717) is 12.0 Å². The molecule has 0 saturated carbocycles. The van der Waals surface area contributed by atoms with Gasteiger partial charge in [-0.25, -0.2) is 9.37 Å². The van der Waals surface area contributed by atoms with Gasteiger partial charge < -0.3 is 11.5 Å². The van der Waals surface area contributed by atoms with Gasteiger partial charge in [-0.15, -0.1) is 0 Å². The fourth-order valence-electron chi connectivity index (χ4n) is 1.38. The van der Waals surface area contributed by atoms with Gasteiger partial charge in [0.1, 0.15) is 5.82 Å². The van der Waals surface area contributed by atoms with Crippen molar-refractivity contribution in [3.05, 3.63) is 23.4 Å². The van der Waals surface area contributed by atoms with E-state index in [-0.39, 0.29) is 12.4 Å². The lowest BCUT2D eigenvalue weighted by Crippen LogP contribution is -2.30. The average Bonchev–Trinajstić information content (AvgIpc) is 2.20. The highest BCUT2D eigenvalue weighted by Crippen LogP contribution is 2.32. The van der Waals surface area contributed by atoms with Gasteiger partial charge in [-0.3, -0.25) is 0 Å². The Kier molecular flexibility index (Phi) is 3.06. The quantitative estimate of drug-likeness (QED) is 0.771.